The van der Waals surface area contributed by atoms with Crippen LogP contribution in [0.5, 0.6) is 0 Å². The fraction of sp³-hybridized carbons (Fsp3) is 0.130. The SMILES string of the molecule is N/C(=C\C=NCc1cccnc1)c1cc(-c2ccc(F)cc2)ccc1NCCS(=O)(=O)F.[HH]. The molecule has 3 rings (SSSR count). The van der Waals surface area contributed by atoms with Gasteiger partial charge in [-0.2, -0.15) is 8.42 Å². The van der Waals surface area contributed by atoms with E-state index >= 15 is 0 Å². The standard InChI is InChI=1S/C23H22F2N4O2S.H2/c24-20-6-3-18(4-7-20)19-5-8-23(29-12-13-32(25,30)31)21(14-19)22(26)9-11-28-16-17-2-1-10-27-15-17;/h1-11,14-15,29H,12-13,16,26H2;1H/b22-9-,28-11?;. The summed E-state index contributed by atoms with van der Waals surface area (Å²) in [4.78, 5) is 8.34. The Morgan fingerprint density at radius 3 is 2.59 bits per heavy atom. The fourth-order valence-corrected chi connectivity index (χ4v) is 3.29. The number of aliphatic imine (C=N–C) groups is 1. The van der Waals surface area contributed by atoms with Gasteiger partial charge in [0, 0.05) is 43.5 Å². The second-order valence-corrected chi connectivity index (χ2v) is 8.40. The Morgan fingerprint density at radius 2 is 1.91 bits per heavy atom. The molecular formula is C23H24F2N4O2S. The number of nitrogens with zero attached hydrogens (tertiary/aromatic N) is 2. The number of pyridine rings is 1. The summed E-state index contributed by atoms with van der Waals surface area (Å²) >= 11 is 0. The lowest BCUT2D eigenvalue weighted by atomic mass is 10.00. The van der Waals surface area contributed by atoms with Gasteiger partial charge >= 0.3 is 10.2 Å². The number of aromatic nitrogens is 1. The normalized spacial score (nSPS) is 12.2. The quantitative estimate of drug-likeness (QED) is 0.366. The van der Waals surface area contributed by atoms with Crippen molar-refractivity contribution in [2.45, 2.75) is 6.54 Å². The van der Waals surface area contributed by atoms with E-state index in [-0.39, 0.29) is 13.8 Å². The second kappa shape index (κ2) is 10.6. The van der Waals surface area contributed by atoms with E-state index in [1.807, 2.05) is 12.1 Å². The van der Waals surface area contributed by atoms with E-state index in [0.717, 1.165) is 16.7 Å². The molecule has 3 aromatic rings. The molecule has 0 atom stereocenters. The highest BCUT2D eigenvalue weighted by molar-refractivity contribution is 7.86. The number of hydrogen-bond donors (Lipinski definition) is 2. The molecule has 0 amide bonds. The summed E-state index contributed by atoms with van der Waals surface area (Å²) < 4.78 is 47.7. The van der Waals surface area contributed by atoms with Crippen LogP contribution < -0.4 is 11.1 Å². The molecule has 0 aliphatic carbocycles. The minimum atomic E-state index is -4.60. The van der Waals surface area contributed by atoms with Crippen LogP contribution in [0.15, 0.2) is 78.1 Å². The molecule has 0 fully saturated rings. The zero-order valence-electron chi connectivity index (χ0n) is 17.1. The van der Waals surface area contributed by atoms with Gasteiger partial charge in [0.2, 0.25) is 0 Å². The summed E-state index contributed by atoms with van der Waals surface area (Å²) in [5, 5.41) is 2.90. The summed E-state index contributed by atoms with van der Waals surface area (Å²) in [6.07, 6.45) is 6.60. The molecule has 0 bridgehead atoms. The molecule has 1 aromatic heterocycles. The largest absolute Gasteiger partial charge is 0.398 e. The predicted molar refractivity (Wildman–Crippen MR) is 126 cm³/mol. The summed E-state index contributed by atoms with van der Waals surface area (Å²) in [7, 11) is -4.60. The first kappa shape index (κ1) is 23.1. The molecule has 9 heteroatoms. The van der Waals surface area contributed by atoms with Crippen molar-refractivity contribution in [3.63, 3.8) is 0 Å². The van der Waals surface area contributed by atoms with Crippen molar-refractivity contribution in [3.8, 4) is 11.1 Å². The Morgan fingerprint density at radius 1 is 1.16 bits per heavy atom. The Bertz CT molecular complexity index is 1220. The van der Waals surface area contributed by atoms with E-state index < -0.39 is 16.0 Å². The van der Waals surface area contributed by atoms with Crippen LogP contribution >= 0.6 is 0 Å². The number of anilines is 1. The van der Waals surface area contributed by atoms with E-state index in [2.05, 4.69) is 15.3 Å². The van der Waals surface area contributed by atoms with Gasteiger partial charge in [-0.3, -0.25) is 9.98 Å². The van der Waals surface area contributed by atoms with Crippen LogP contribution in [0.25, 0.3) is 16.8 Å². The van der Waals surface area contributed by atoms with Gasteiger partial charge in [-0.05, 0) is 53.1 Å². The average Bonchev–Trinajstić information content (AvgIpc) is 2.77. The number of nitrogens with one attached hydrogen (secondary N) is 1. The Hall–Kier alpha value is -3.59. The van der Waals surface area contributed by atoms with Gasteiger partial charge < -0.3 is 11.1 Å². The molecule has 0 saturated carbocycles. The van der Waals surface area contributed by atoms with Crippen molar-refractivity contribution in [2.75, 3.05) is 17.6 Å². The third-order valence-electron chi connectivity index (χ3n) is 4.53. The van der Waals surface area contributed by atoms with Crippen LogP contribution in [0.1, 0.15) is 12.6 Å². The monoisotopic (exact) mass is 458 g/mol. The molecule has 168 valence electrons. The van der Waals surface area contributed by atoms with Gasteiger partial charge in [0.15, 0.2) is 0 Å². The first-order valence-corrected chi connectivity index (χ1v) is 11.3. The predicted octanol–water partition coefficient (Wildman–Crippen LogP) is 4.42. The first-order chi connectivity index (χ1) is 15.3. The highest BCUT2D eigenvalue weighted by atomic mass is 32.3. The van der Waals surface area contributed by atoms with Crippen molar-refractivity contribution in [1.82, 2.24) is 4.98 Å². The average molecular weight is 459 g/mol. The van der Waals surface area contributed by atoms with Gasteiger partial charge in [-0.15, -0.1) is 3.89 Å². The van der Waals surface area contributed by atoms with Gasteiger partial charge in [0.25, 0.3) is 0 Å². The number of rotatable bonds is 9. The van der Waals surface area contributed by atoms with Crippen LogP contribution in [0.4, 0.5) is 14.0 Å². The Labute approximate surface area is 187 Å². The number of benzene rings is 2. The summed E-state index contributed by atoms with van der Waals surface area (Å²) in [6, 6.07) is 15.0. The second-order valence-electron chi connectivity index (χ2n) is 6.91. The molecule has 3 N–H and O–H groups in total. The molecule has 0 unspecified atom stereocenters. The highest BCUT2D eigenvalue weighted by Gasteiger charge is 2.11. The third-order valence-corrected chi connectivity index (χ3v) is 5.22. The molecule has 6 nitrogen and oxygen atoms in total. The van der Waals surface area contributed by atoms with Crippen molar-refractivity contribution in [1.29, 1.82) is 0 Å². The summed E-state index contributed by atoms with van der Waals surface area (Å²) in [5.74, 6) is -1.01. The van der Waals surface area contributed by atoms with E-state index in [0.29, 0.717) is 23.5 Å². The maximum atomic E-state index is 13.3. The van der Waals surface area contributed by atoms with Crippen molar-refractivity contribution in [2.24, 2.45) is 10.7 Å². The Kier molecular flexibility index (Phi) is 7.67. The number of allylic oxidation sites excluding steroid dienone is 1. The highest BCUT2D eigenvalue weighted by Crippen LogP contribution is 2.28. The zero-order valence-corrected chi connectivity index (χ0v) is 17.9. The van der Waals surface area contributed by atoms with Crippen LogP contribution in [0, 0.1) is 5.82 Å². The Balaban J connectivity index is 0.00000385. The van der Waals surface area contributed by atoms with Crippen molar-refractivity contribution in [3.05, 3.63) is 90.0 Å². The van der Waals surface area contributed by atoms with Crippen LogP contribution in [0.2, 0.25) is 0 Å². The lowest BCUT2D eigenvalue weighted by Gasteiger charge is -2.14. The molecule has 0 spiro atoms. The summed E-state index contributed by atoms with van der Waals surface area (Å²) in [5.41, 5.74) is 10.3. The lowest BCUT2D eigenvalue weighted by Crippen LogP contribution is -2.13. The van der Waals surface area contributed by atoms with Gasteiger partial charge in [-0.25, -0.2) is 4.39 Å². The molecule has 32 heavy (non-hydrogen) atoms. The topological polar surface area (TPSA) is 97.4 Å². The minimum Gasteiger partial charge on any atom is -0.398 e. The number of halogens is 2. The van der Waals surface area contributed by atoms with Crippen molar-refractivity contribution >= 4 is 27.8 Å². The van der Waals surface area contributed by atoms with E-state index in [4.69, 9.17) is 5.73 Å². The van der Waals surface area contributed by atoms with E-state index in [1.54, 1.807) is 55.0 Å². The van der Waals surface area contributed by atoms with Crippen LogP contribution in [0.3, 0.4) is 0 Å². The van der Waals surface area contributed by atoms with Crippen molar-refractivity contribution < 1.29 is 18.1 Å². The zero-order chi connectivity index (χ0) is 23.0. The van der Waals surface area contributed by atoms with E-state index in [9.17, 15) is 16.7 Å². The minimum absolute atomic E-state index is 0. The molecular weight excluding hydrogens is 434 g/mol. The van der Waals surface area contributed by atoms with Crippen LogP contribution in [-0.2, 0) is 16.8 Å². The maximum absolute atomic E-state index is 13.3. The molecule has 0 radical (unpaired) electrons. The van der Waals surface area contributed by atoms with Crippen LogP contribution in [-0.4, -0.2) is 31.9 Å². The maximum Gasteiger partial charge on any atom is 0.304 e. The number of hydrogen-bond acceptors (Lipinski definition) is 6. The van der Waals surface area contributed by atoms with E-state index in [1.165, 1.54) is 12.1 Å². The molecule has 2 aromatic carbocycles. The molecule has 1 heterocycles. The fourth-order valence-electron chi connectivity index (χ4n) is 2.94. The van der Waals surface area contributed by atoms with Gasteiger partial charge in [-0.1, -0.05) is 24.3 Å². The molecule has 0 aliphatic rings. The molecule has 0 aliphatic heterocycles. The van der Waals surface area contributed by atoms with Gasteiger partial charge in [0.05, 0.1) is 12.3 Å². The first-order valence-electron chi connectivity index (χ1n) is 9.73. The smallest absolute Gasteiger partial charge is 0.304 e. The molecule has 0 saturated heterocycles. The summed E-state index contributed by atoms with van der Waals surface area (Å²) in [6.45, 7) is 0.316. The van der Waals surface area contributed by atoms with Gasteiger partial charge in [0.1, 0.15) is 5.82 Å². The third kappa shape index (κ3) is 6.98. The number of nitrogens with two attached hydrogens (primary N) is 1. The lowest BCUT2D eigenvalue weighted by molar-refractivity contribution is 0.552.